The highest BCUT2D eigenvalue weighted by Crippen LogP contribution is 2.56. The number of hydrogen-bond donors (Lipinski definition) is 0. The van der Waals surface area contributed by atoms with Gasteiger partial charge in [0, 0.05) is 48.2 Å². The molecule has 0 amide bonds. The summed E-state index contributed by atoms with van der Waals surface area (Å²) in [5, 5.41) is 9.94. The molecular weight excluding hydrogens is 479 g/mol. The van der Waals surface area contributed by atoms with Crippen LogP contribution in [0.25, 0.3) is 5.69 Å². The van der Waals surface area contributed by atoms with Crippen molar-refractivity contribution in [2.75, 3.05) is 18.0 Å². The minimum Gasteiger partial charge on any atom is -0.340 e. The molecule has 1 saturated heterocycles. The van der Waals surface area contributed by atoms with Crippen molar-refractivity contribution in [3.05, 3.63) is 58.4 Å². The number of hydrogen-bond acceptors (Lipinski definition) is 6. The van der Waals surface area contributed by atoms with Crippen molar-refractivity contribution in [3.8, 4) is 5.69 Å². The van der Waals surface area contributed by atoms with Gasteiger partial charge in [-0.15, -0.1) is 10.2 Å². The van der Waals surface area contributed by atoms with Crippen LogP contribution in [-0.2, 0) is 19.3 Å². The van der Waals surface area contributed by atoms with Gasteiger partial charge in [-0.1, -0.05) is 11.6 Å². The normalized spacial score (nSPS) is 21.8. The third-order valence-electron chi connectivity index (χ3n) is 7.81. The molecule has 3 aromatic rings. The molecule has 2 aliphatic heterocycles. The fourth-order valence-electron chi connectivity index (χ4n) is 6.00. The maximum absolute atomic E-state index is 13.0. The smallest absolute Gasteiger partial charge is 0.340 e. The monoisotopic (exact) mass is 501 g/mol. The molecule has 0 unspecified atom stereocenters. The fraction of sp³-hybridized carbons (Fsp3) is 0.500. The van der Waals surface area contributed by atoms with Crippen LogP contribution in [0.15, 0.2) is 30.5 Å². The summed E-state index contributed by atoms with van der Waals surface area (Å²) in [7, 11) is 0. The summed E-state index contributed by atoms with van der Waals surface area (Å²) < 4.78 is 41.3. The minimum absolute atomic E-state index is 0.0717. The van der Waals surface area contributed by atoms with E-state index in [1.165, 1.54) is 24.6 Å². The standard InChI is InChI=1S/C24H23ClF3N7/c25-16-1-4-18-14(7-16)10-33(17-2-3-17)11-20-31-32-21(35(18)20)15-8-23(9-15)12-34(13-23)22-29-6-5-19(30-22)24(26,27)28/h1,4-7,15,17H,2-3,8-13H2. The van der Waals surface area contributed by atoms with Gasteiger partial charge in [-0.2, -0.15) is 13.2 Å². The Morgan fingerprint density at radius 1 is 1.03 bits per heavy atom. The third-order valence-corrected chi connectivity index (χ3v) is 8.05. The van der Waals surface area contributed by atoms with Crippen LogP contribution in [0.3, 0.4) is 0 Å². The number of anilines is 1. The first-order valence-electron chi connectivity index (χ1n) is 11.9. The molecule has 4 aliphatic rings. The summed E-state index contributed by atoms with van der Waals surface area (Å²) in [6, 6.07) is 7.54. The molecule has 0 radical (unpaired) electrons. The Kier molecular flexibility index (Phi) is 4.55. The zero-order valence-corrected chi connectivity index (χ0v) is 19.6. The lowest BCUT2D eigenvalue weighted by atomic mass is 9.57. The highest BCUT2D eigenvalue weighted by Gasteiger charge is 2.55. The van der Waals surface area contributed by atoms with Gasteiger partial charge in [0.05, 0.1) is 12.2 Å². The van der Waals surface area contributed by atoms with Crippen LogP contribution < -0.4 is 4.90 Å². The second-order valence-electron chi connectivity index (χ2n) is 10.4. The minimum atomic E-state index is -4.47. The van der Waals surface area contributed by atoms with E-state index in [1.807, 2.05) is 17.0 Å². The molecule has 7 nitrogen and oxygen atoms in total. The summed E-state index contributed by atoms with van der Waals surface area (Å²) >= 11 is 6.34. The maximum Gasteiger partial charge on any atom is 0.433 e. The molecule has 3 fully saturated rings. The van der Waals surface area contributed by atoms with E-state index < -0.39 is 11.9 Å². The van der Waals surface area contributed by atoms with Crippen molar-refractivity contribution >= 4 is 17.5 Å². The van der Waals surface area contributed by atoms with Crippen molar-refractivity contribution < 1.29 is 13.2 Å². The summed E-state index contributed by atoms with van der Waals surface area (Å²) in [5.74, 6) is 2.34. The van der Waals surface area contributed by atoms with E-state index in [4.69, 9.17) is 11.6 Å². The summed E-state index contributed by atoms with van der Waals surface area (Å²) in [6.07, 6.45) is 0.997. The Balaban J connectivity index is 1.11. The molecule has 2 aliphatic carbocycles. The van der Waals surface area contributed by atoms with Gasteiger partial charge in [0.1, 0.15) is 11.5 Å². The molecule has 1 spiro atoms. The molecule has 4 heterocycles. The Hall–Kier alpha value is -2.72. The number of nitrogens with zero attached hydrogens (tertiary/aromatic N) is 7. The number of alkyl halides is 3. The summed E-state index contributed by atoms with van der Waals surface area (Å²) in [5.41, 5.74) is 1.46. The van der Waals surface area contributed by atoms with Crippen molar-refractivity contribution in [2.24, 2.45) is 5.41 Å². The largest absolute Gasteiger partial charge is 0.433 e. The first-order chi connectivity index (χ1) is 16.8. The van der Waals surface area contributed by atoms with E-state index in [1.54, 1.807) is 0 Å². The molecule has 11 heteroatoms. The number of benzene rings is 1. The van der Waals surface area contributed by atoms with E-state index in [9.17, 15) is 13.2 Å². The number of fused-ring (bicyclic) bond motifs is 3. The van der Waals surface area contributed by atoms with Crippen molar-refractivity contribution in [2.45, 2.75) is 56.9 Å². The third kappa shape index (κ3) is 3.60. The average Bonchev–Trinajstić information content (AvgIpc) is 3.55. The lowest BCUT2D eigenvalue weighted by Gasteiger charge is -2.58. The molecule has 0 N–H and O–H groups in total. The Bertz CT molecular complexity index is 1300. The van der Waals surface area contributed by atoms with E-state index in [2.05, 4.69) is 35.7 Å². The van der Waals surface area contributed by atoms with E-state index in [0.29, 0.717) is 19.1 Å². The van der Waals surface area contributed by atoms with E-state index >= 15 is 0 Å². The molecule has 0 atom stereocenters. The maximum atomic E-state index is 13.0. The van der Waals surface area contributed by atoms with E-state index in [-0.39, 0.29) is 17.3 Å². The Morgan fingerprint density at radius 3 is 2.57 bits per heavy atom. The van der Waals surface area contributed by atoms with Crippen molar-refractivity contribution in [3.63, 3.8) is 0 Å². The number of halogens is 4. The lowest BCUT2D eigenvalue weighted by Crippen LogP contribution is -2.62. The SMILES string of the molecule is FC(F)(F)c1ccnc(N2CC3(CC(c4nnc5n4-c4ccc(Cl)cc4CN(C4CC4)C5)C3)C2)n1. The quantitative estimate of drug-likeness (QED) is 0.523. The average molecular weight is 502 g/mol. The molecule has 0 bridgehead atoms. The fourth-order valence-corrected chi connectivity index (χ4v) is 6.20. The first kappa shape index (κ1) is 21.6. The van der Waals surface area contributed by atoms with Crippen LogP contribution in [-0.4, -0.2) is 48.8 Å². The van der Waals surface area contributed by atoms with Gasteiger partial charge >= 0.3 is 6.18 Å². The van der Waals surface area contributed by atoms with Gasteiger partial charge in [0.25, 0.3) is 0 Å². The second-order valence-corrected chi connectivity index (χ2v) is 10.9. The summed E-state index contributed by atoms with van der Waals surface area (Å²) in [4.78, 5) is 12.1. The zero-order chi connectivity index (χ0) is 23.9. The van der Waals surface area contributed by atoms with Gasteiger partial charge < -0.3 is 4.90 Å². The molecule has 7 rings (SSSR count). The Morgan fingerprint density at radius 2 is 1.83 bits per heavy atom. The highest BCUT2D eigenvalue weighted by molar-refractivity contribution is 6.30. The lowest BCUT2D eigenvalue weighted by molar-refractivity contribution is -0.141. The van der Waals surface area contributed by atoms with Crippen LogP contribution in [0.5, 0.6) is 0 Å². The van der Waals surface area contributed by atoms with Crippen LogP contribution in [0, 0.1) is 5.41 Å². The molecular formula is C24H23ClF3N7. The van der Waals surface area contributed by atoms with Gasteiger partial charge in [0.2, 0.25) is 5.95 Å². The van der Waals surface area contributed by atoms with Crippen LogP contribution in [0.4, 0.5) is 19.1 Å². The van der Waals surface area contributed by atoms with Gasteiger partial charge in [0.15, 0.2) is 5.82 Å². The predicted octanol–water partition coefficient (Wildman–Crippen LogP) is 4.59. The molecule has 35 heavy (non-hydrogen) atoms. The zero-order valence-electron chi connectivity index (χ0n) is 18.8. The van der Waals surface area contributed by atoms with Gasteiger partial charge in [-0.05, 0) is 55.5 Å². The highest BCUT2D eigenvalue weighted by atomic mass is 35.5. The number of aromatic nitrogens is 5. The topological polar surface area (TPSA) is 63.0 Å². The van der Waals surface area contributed by atoms with Gasteiger partial charge in [-0.3, -0.25) is 9.47 Å². The van der Waals surface area contributed by atoms with Gasteiger partial charge in [-0.25, -0.2) is 9.97 Å². The van der Waals surface area contributed by atoms with Crippen molar-refractivity contribution in [1.29, 1.82) is 0 Å². The van der Waals surface area contributed by atoms with E-state index in [0.717, 1.165) is 54.4 Å². The summed E-state index contributed by atoms with van der Waals surface area (Å²) in [6.45, 7) is 2.94. The Labute approximate surface area is 204 Å². The molecule has 1 aromatic carbocycles. The first-order valence-corrected chi connectivity index (χ1v) is 12.3. The van der Waals surface area contributed by atoms with Crippen molar-refractivity contribution in [1.82, 2.24) is 29.6 Å². The molecule has 182 valence electrons. The van der Waals surface area contributed by atoms with Crippen LogP contribution in [0.1, 0.15) is 54.5 Å². The van der Waals surface area contributed by atoms with Crippen LogP contribution in [0.2, 0.25) is 5.02 Å². The second kappa shape index (κ2) is 7.39. The number of rotatable bonds is 3. The molecule has 2 aromatic heterocycles. The molecule has 2 saturated carbocycles. The predicted molar refractivity (Wildman–Crippen MR) is 122 cm³/mol. The van der Waals surface area contributed by atoms with Crippen LogP contribution >= 0.6 is 11.6 Å².